The Morgan fingerprint density at radius 2 is 2.07 bits per heavy atom. The molecule has 0 fully saturated rings. The van der Waals surface area contributed by atoms with Gasteiger partial charge in [0.25, 0.3) is 0 Å². The maximum absolute atomic E-state index is 5.89. The van der Waals surface area contributed by atoms with Crippen molar-refractivity contribution < 1.29 is 0 Å². The molecule has 80 valence electrons. The highest BCUT2D eigenvalue weighted by Gasteiger charge is 2.10. The molecule has 2 heterocycles. The Labute approximate surface area is 93.3 Å². The smallest absolute Gasteiger partial charge is 0.180 e. The fourth-order valence-electron chi connectivity index (χ4n) is 1.43. The van der Waals surface area contributed by atoms with Crippen LogP contribution in [0.4, 0.5) is 5.82 Å². The van der Waals surface area contributed by atoms with Crippen LogP contribution in [0, 0.1) is 0 Å². The van der Waals surface area contributed by atoms with Gasteiger partial charge in [-0.2, -0.15) is 0 Å². The first-order chi connectivity index (χ1) is 7.11. The van der Waals surface area contributed by atoms with Crippen molar-refractivity contribution in [3.05, 3.63) is 23.2 Å². The Kier molecular flexibility index (Phi) is 2.52. The van der Waals surface area contributed by atoms with Crippen LogP contribution in [0.15, 0.2) is 12.4 Å². The van der Waals surface area contributed by atoms with Crippen molar-refractivity contribution in [2.45, 2.75) is 19.8 Å². The minimum atomic E-state index is 0.397. The van der Waals surface area contributed by atoms with Crippen LogP contribution in [0.1, 0.15) is 25.5 Å². The minimum absolute atomic E-state index is 0.397. The Hall–Kier alpha value is -1.29. The van der Waals surface area contributed by atoms with Gasteiger partial charge in [0.15, 0.2) is 11.5 Å². The van der Waals surface area contributed by atoms with E-state index in [0.717, 1.165) is 11.3 Å². The van der Waals surface area contributed by atoms with Gasteiger partial charge in [0.2, 0.25) is 0 Å². The quantitative estimate of drug-likeness (QED) is 0.853. The molecule has 0 saturated carbocycles. The SMILES string of the molecule is CNc1nc(Cl)cn2cc(C(C)C)nc12. The summed E-state index contributed by atoms with van der Waals surface area (Å²) in [7, 11) is 1.81. The molecule has 0 aromatic carbocycles. The Bertz CT molecular complexity index is 489. The minimum Gasteiger partial charge on any atom is -0.370 e. The summed E-state index contributed by atoms with van der Waals surface area (Å²) in [5.41, 5.74) is 1.85. The maximum atomic E-state index is 5.89. The summed E-state index contributed by atoms with van der Waals surface area (Å²) in [5, 5.41) is 3.44. The van der Waals surface area contributed by atoms with Gasteiger partial charge in [-0.3, -0.25) is 0 Å². The van der Waals surface area contributed by atoms with Gasteiger partial charge in [-0.05, 0) is 5.92 Å². The fraction of sp³-hybridized carbons (Fsp3) is 0.400. The van der Waals surface area contributed by atoms with Gasteiger partial charge in [-0.1, -0.05) is 25.4 Å². The maximum Gasteiger partial charge on any atom is 0.180 e. The molecule has 0 bridgehead atoms. The van der Waals surface area contributed by atoms with E-state index in [9.17, 15) is 0 Å². The molecule has 0 spiro atoms. The molecule has 0 aliphatic rings. The zero-order valence-electron chi connectivity index (χ0n) is 8.95. The number of hydrogen-bond donors (Lipinski definition) is 1. The zero-order valence-corrected chi connectivity index (χ0v) is 9.71. The number of anilines is 1. The topological polar surface area (TPSA) is 42.2 Å². The molecule has 0 amide bonds. The van der Waals surface area contributed by atoms with Crippen LogP contribution in [-0.4, -0.2) is 21.4 Å². The second kappa shape index (κ2) is 3.70. The molecule has 1 N–H and O–H groups in total. The van der Waals surface area contributed by atoms with Crippen molar-refractivity contribution in [1.82, 2.24) is 14.4 Å². The average Bonchev–Trinajstić information content (AvgIpc) is 2.59. The van der Waals surface area contributed by atoms with Crippen LogP contribution in [0.3, 0.4) is 0 Å². The first kappa shape index (κ1) is 10.2. The van der Waals surface area contributed by atoms with E-state index in [1.807, 2.05) is 17.6 Å². The number of imidazole rings is 1. The van der Waals surface area contributed by atoms with Gasteiger partial charge in [-0.15, -0.1) is 0 Å². The first-order valence-corrected chi connectivity index (χ1v) is 5.22. The third-order valence-corrected chi connectivity index (χ3v) is 2.44. The summed E-state index contributed by atoms with van der Waals surface area (Å²) in [6.45, 7) is 4.21. The number of aromatic nitrogens is 3. The van der Waals surface area contributed by atoms with E-state index in [2.05, 4.69) is 29.1 Å². The summed E-state index contributed by atoms with van der Waals surface area (Å²) >= 11 is 5.89. The second-order valence-corrected chi connectivity index (χ2v) is 4.10. The molecule has 0 saturated heterocycles. The standard InChI is InChI=1S/C10H13ClN4/c1-6(2)7-4-15-5-8(11)14-9(12-3)10(15)13-7/h4-6H,1-3H3,(H,12,14). The van der Waals surface area contributed by atoms with Crippen molar-refractivity contribution in [3.63, 3.8) is 0 Å². The molecule has 0 radical (unpaired) electrons. The molecular formula is C10H13ClN4. The molecule has 0 unspecified atom stereocenters. The van der Waals surface area contributed by atoms with Gasteiger partial charge >= 0.3 is 0 Å². The summed E-state index contributed by atoms with van der Waals surface area (Å²) in [4.78, 5) is 8.67. The van der Waals surface area contributed by atoms with Crippen LogP contribution >= 0.6 is 11.6 Å². The number of fused-ring (bicyclic) bond motifs is 1. The Balaban J connectivity index is 2.68. The predicted molar refractivity (Wildman–Crippen MR) is 61.6 cm³/mol. The van der Waals surface area contributed by atoms with E-state index in [-0.39, 0.29) is 0 Å². The van der Waals surface area contributed by atoms with Crippen LogP contribution in [0.25, 0.3) is 5.65 Å². The Morgan fingerprint density at radius 1 is 1.33 bits per heavy atom. The first-order valence-electron chi connectivity index (χ1n) is 4.84. The van der Waals surface area contributed by atoms with Crippen molar-refractivity contribution in [2.24, 2.45) is 0 Å². The molecule has 2 aromatic heterocycles. The summed E-state index contributed by atoms with van der Waals surface area (Å²) in [5.74, 6) is 1.10. The molecule has 2 rings (SSSR count). The molecule has 0 aliphatic heterocycles. The average molecular weight is 225 g/mol. The number of nitrogens with one attached hydrogen (secondary N) is 1. The Morgan fingerprint density at radius 3 is 2.67 bits per heavy atom. The van der Waals surface area contributed by atoms with Crippen molar-refractivity contribution in [1.29, 1.82) is 0 Å². The highest BCUT2D eigenvalue weighted by Crippen LogP contribution is 2.20. The zero-order chi connectivity index (χ0) is 11.0. The van der Waals surface area contributed by atoms with Crippen LogP contribution < -0.4 is 5.32 Å². The lowest BCUT2D eigenvalue weighted by Crippen LogP contribution is -1.97. The summed E-state index contributed by atoms with van der Waals surface area (Å²) in [6.07, 6.45) is 3.74. The molecule has 4 nitrogen and oxygen atoms in total. The molecular weight excluding hydrogens is 212 g/mol. The lowest BCUT2D eigenvalue weighted by Gasteiger charge is -2.01. The van der Waals surface area contributed by atoms with E-state index < -0.39 is 0 Å². The highest BCUT2D eigenvalue weighted by molar-refractivity contribution is 6.29. The van der Waals surface area contributed by atoms with E-state index >= 15 is 0 Å². The van der Waals surface area contributed by atoms with Gasteiger partial charge in [0, 0.05) is 19.4 Å². The van der Waals surface area contributed by atoms with E-state index in [1.165, 1.54) is 0 Å². The van der Waals surface area contributed by atoms with E-state index in [0.29, 0.717) is 16.9 Å². The normalized spacial score (nSPS) is 11.3. The van der Waals surface area contributed by atoms with Crippen LogP contribution in [0.5, 0.6) is 0 Å². The van der Waals surface area contributed by atoms with Crippen LogP contribution in [-0.2, 0) is 0 Å². The van der Waals surface area contributed by atoms with Gasteiger partial charge < -0.3 is 9.72 Å². The van der Waals surface area contributed by atoms with Gasteiger partial charge in [-0.25, -0.2) is 9.97 Å². The summed E-state index contributed by atoms with van der Waals surface area (Å²) < 4.78 is 1.90. The number of halogens is 1. The lowest BCUT2D eigenvalue weighted by molar-refractivity contribution is 0.834. The lowest BCUT2D eigenvalue weighted by atomic mass is 10.2. The third kappa shape index (κ3) is 1.77. The van der Waals surface area contributed by atoms with Crippen molar-refractivity contribution in [2.75, 3.05) is 12.4 Å². The monoisotopic (exact) mass is 224 g/mol. The number of hydrogen-bond acceptors (Lipinski definition) is 3. The largest absolute Gasteiger partial charge is 0.370 e. The fourth-order valence-corrected chi connectivity index (χ4v) is 1.62. The summed E-state index contributed by atoms with van der Waals surface area (Å²) in [6, 6.07) is 0. The number of rotatable bonds is 2. The van der Waals surface area contributed by atoms with Crippen LogP contribution in [0.2, 0.25) is 5.15 Å². The van der Waals surface area contributed by atoms with Gasteiger partial charge in [0.05, 0.1) is 5.69 Å². The molecule has 5 heteroatoms. The molecule has 2 aromatic rings. The van der Waals surface area contributed by atoms with E-state index in [4.69, 9.17) is 11.6 Å². The molecule has 0 aliphatic carbocycles. The molecule has 0 atom stereocenters. The number of nitrogens with zero attached hydrogens (tertiary/aromatic N) is 3. The predicted octanol–water partition coefficient (Wildman–Crippen LogP) is 2.55. The van der Waals surface area contributed by atoms with Crippen molar-refractivity contribution >= 4 is 23.1 Å². The molecule has 15 heavy (non-hydrogen) atoms. The highest BCUT2D eigenvalue weighted by atomic mass is 35.5. The van der Waals surface area contributed by atoms with E-state index in [1.54, 1.807) is 6.20 Å². The second-order valence-electron chi connectivity index (χ2n) is 3.71. The van der Waals surface area contributed by atoms with Gasteiger partial charge in [0.1, 0.15) is 5.15 Å². The third-order valence-electron chi connectivity index (χ3n) is 2.26. The van der Waals surface area contributed by atoms with Crippen molar-refractivity contribution in [3.8, 4) is 0 Å².